The Morgan fingerprint density at radius 1 is 1.18 bits per heavy atom. The van der Waals surface area contributed by atoms with Gasteiger partial charge in [-0.15, -0.1) is 0 Å². The van der Waals surface area contributed by atoms with Gasteiger partial charge in [0.1, 0.15) is 0 Å². The average Bonchev–Trinajstić information content (AvgIpc) is 2.35. The highest BCUT2D eigenvalue weighted by atomic mass is 16.5. The number of hydrogen-bond donors (Lipinski definition) is 0. The molecule has 1 rings (SSSR count). The molecule has 11 heavy (non-hydrogen) atoms. The predicted molar refractivity (Wildman–Crippen MR) is 48.9 cm³/mol. The van der Waals surface area contributed by atoms with Crippen LogP contribution in [-0.2, 0) is 4.74 Å². The van der Waals surface area contributed by atoms with Crippen LogP contribution >= 0.6 is 0 Å². The summed E-state index contributed by atoms with van der Waals surface area (Å²) < 4.78 is 5.28. The summed E-state index contributed by atoms with van der Waals surface area (Å²) in [7, 11) is 0. The Labute approximate surface area is 70.5 Å². The highest BCUT2D eigenvalue weighted by Crippen LogP contribution is 1.96. The monoisotopic (exact) mass is 159 g/mol. The van der Waals surface area contributed by atoms with Crippen LogP contribution in [0.3, 0.4) is 0 Å². The van der Waals surface area contributed by atoms with Crippen molar-refractivity contribution in [1.29, 1.82) is 0 Å². The smallest absolute Gasteiger partial charge is 0.0593 e. The van der Waals surface area contributed by atoms with Crippen molar-refractivity contribution in [2.24, 2.45) is 0 Å². The molecule has 0 atom stereocenters. The highest BCUT2D eigenvalue weighted by Gasteiger charge is 2.04. The molecule has 1 saturated heterocycles. The number of rotatable bonds is 1. The van der Waals surface area contributed by atoms with Crippen LogP contribution in [0.1, 0.15) is 27.2 Å². The van der Waals surface area contributed by atoms with Crippen molar-refractivity contribution in [3.63, 3.8) is 0 Å². The van der Waals surface area contributed by atoms with Crippen molar-refractivity contribution < 1.29 is 4.74 Å². The first-order chi connectivity index (χ1) is 5.43. The zero-order valence-electron chi connectivity index (χ0n) is 8.10. The van der Waals surface area contributed by atoms with Crippen LogP contribution < -0.4 is 0 Å². The first-order valence-electron chi connectivity index (χ1n) is 4.73. The normalized spacial score (nSPS) is 19.9. The van der Waals surface area contributed by atoms with Gasteiger partial charge in [-0.05, 0) is 13.0 Å². The molecule has 1 aliphatic rings. The lowest BCUT2D eigenvalue weighted by Gasteiger charge is -2.14. The standard InChI is InChI=1S/C7H15NO.C2H6/c1-2-8-4-3-6-9-7-5-8;1-2/h2-7H2,1H3;1-2H3. The zero-order valence-corrected chi connectivity index (χ0v) is 8.10. The van der Waals surface area contributed by atoms with Crippen LogP contribution in [0.5, 0.6) is 0 Å². The van der Waals surface area contributed by atoms with Crippen molar-refractivity contribution in [2.45, 2.75) is 27.2 Å². The van der Waals surface area contributed by atoms with E-state index in [4.69, 9.17) is 4.74 Å². The molecule has 0 amide bonds. The third-order valence-electron chi connectivity index (χ3n) is 1.76. The Morgan fingerprint density at radius 2 is 1.91 bits per heavy atom. The van der Waals surface area contributed by atoms with Crippen LogP contribution in [0.15, 0.2) is 0 Å². The van der Waals surface area contributed by atoms with Gasteiger partial charge in [0.05, 0.1) is 6.61 Å². The van der Waals surface area contributed by atoms with Gasteiger partial charge < -0.3 is 9.64 Å². The number of nitrogens with zero attached hydrogens (tertiary/aromatic N) is 1. The van der Waals surface area contributed by atoms with Crippen LogP contribution in [-0.4, -0.2) is 37.7 Å². The van der Waals surface area contributed by atoms with Crippen molar-refractivity contribution in [3.8, 4) is 0 Å². The van der Waals surface area contributed by atoms with E-state index in [1.807, 2.05) is 13.8 Å². The van der Waals surface area contributed by atoms with Gasteiger partial charge in [-0.1, -0.05) is 20.8 Å². The minimum Gasteiger partial charge on any atom is -0.380 e. The first-order valence-corrected chi connectivity index (χ1v) is 4.73. The molecule has 1 heterocycles. The third-order valence-corrected chi connectivity index (χ3v) is 1.76. The number of likely N-dealkylation sites (N-methyl/N-ethyl adjacent to an activating group) is 1. The summed E-state index contributed by atoms with van der Waals surface area (Å²) in [5.41, 5.74) is 0. The second kappa shape index (κ2) is 8.02. The molecule has 0 aliphatic carbocycles. The van der Waals surface area contributed by atoms with Gasteiger partial charge in [0, 0.05) is 19.7 Å². The Bertz CT molecular complexity index is 68.0. The van der Waals surface area contributed by atoms with Gasteiger partial charge >= 0.3 is 0 Å². The fraction of sp³-hybridized carbons (Fsp3) is 1.00. The van der Waals surface area contributed by atoms with E-state index in [9.17, 15) is 0 Å². The van der Waals surface area contributed by atoms with E-state index in [2.05, 4.69) is 11.8 Å². The lowest BCUT2D eigenvalue weighted by atomic mass is 10.4. The van der Waals surface area contributed by atoms with E-state index in [1.54, 1.807) is 0 Å². The van der Waals surface area contributed by atoms with Crippen molar-refractivity contribution in [1.82, 2.24) is 4.90 Å². The third kappa shape index (κ3) is 5.22. The largest absolute Gasteiger partial charge is 0.380 e. The van der Waals surface area contributed by atoms with Gasteiger partial charge in [-0.3, -0.25) is 0 Å². The average molecular weight is 159 g/mol. The molecule has 0 unspecified atom stereocenters. The summed E-state index contributed by atoms with van der Waals surface area (Å²) in [6.45, 7) is 11.6. The van der Waals surface area contributed by atoms with Gasteiger partial charge in [0.2, 0.25) is 0 Å². The summed E-state index contributed by atoms with van der Waals surface area (Å²) in [5, 5.41) is 0. The van der Waals surface area contributed by atoms with Crippen LogP contribution in [0.25, 0.3) is 0 Å². The fourth-order valence-electron chi connectivity index (χ4n) is 1.11. The number of hydrogen-bond acceptors (Lipinski definition) is 2. The van der Waals surface area contributed by atoms with Crippen molar-refractivity contribution in [3.05, 3.63) is 0 Å². The maximum absolute atomic E-state index is 5.28. The molecule has 0 spiro atoms. The SMILES string of the molecule is CC.CCN1CCCOCC1. The van der Waals surface area contributed by atoms with E-state index < -0.39 is 0 Å². The van der Waals surface area contributed by atoms with E-state index in [-0.39, 0.29) is 0 Å². The molecule has 0 saturated carbocycles. The molecule has 1 aliphatic heterocycles. The van der Waals surface area contributed by atoms with Gasteiger partial charge in [-0.25, -0.2) is 0 Å². The molecule has 1 fully saturated rings. The minimum atomic E-state index is 0.924. The molecule has 0 radical (unpaired) electrons. The lowest BCUT2D eigenvalue weighted by molar-refractivity contribution is 0.142. The molecule has 0 aromatic carbocycles. The summed E-state index contributed by atoms with van der Waals surface area (Å²) in [6, 6.07) is 0. The lowest BCUT2D eigenvalue weighted by Crippen LogP contribution is -2.25. The maximum atomic E-state index is 5.28. The van der Waals surface area contributed by atoms with Crippen LogP contribution in [0.4, 0.5) is 0 Å². The Morgan fingerprint density at radius 3 is 2.55 bits per heavy atom. The molecule has 68 valence electrons. The molecule has 2 heteroatoms. The molecular formula is C9H21NO. The Kier molecular flexibility index (Phi) is 7.96. The Hall–Kier alpha value is -0.0800. The minimum absolute atomic E-state index is 0.924. The second-order valence-corrected chi connectivity index (χ2v) is 2.40. The summed E-state index contributed by atoms with van der Waals surface area (Å²) in [5.74, 6) is 0. The first kappa shape index (κ1) is 10.9. The van der Waals surface area contributed by atoms with Crippen LogP contribution in [0.2, 0.25) is 0 Å². The summed E-state index contributed by atoms with van der Waals surface area (Å²) in [6.07, 6.45) is 1.20. The van der Waals surface area contributed by atoms with E-state index in [0.29, 0.717) is 0 Å². The Balaban J connectivity index is 0.000000461. The molecule has 0 aromatic heterocycles. The summed E-state index contributed by atoms with van der Waals surface area (Å²) in [4.78, 5) is 2.42. The molecule has 0 bridgehead atoms. The van der Waals surface area contributed by atoms with Crippen molar-refractivity contribution in [2.75, 3.05) is 32.8 Å². The van der Waals surface area contributed by atoms with Gasteiger partial charge in [0.25, 0.3) is 0 Å². The van der Waals surface area contributed by atoms with E-state index in [1.165, 1.54) is 19.5 Å². The van der Waals surface area contributed by atoms with E-state index in [0.717, 1.165) is 19.8 Å². The fourth-order valence-corrected chi connectivity index (χ4v) is 1.11. The van der Waals surface area contributed by atoms with Crippen LogP contribution in [0, 0.1) is 0 Å². The zero-order chi connectivity index (χ0) is 8.53. The van der Waals surface area contributed by atoms with E-state index >= 15 is 0 Å². The van der Waals surface area contributed by atoms with Gasteiger partial charge in [-0.2, -0.15) is 0 Å². The quantitative estimate of drug-likeness (QED) is 0.578. The number of ether oxygens (including phenoxy) is 1. The topological polar surface area (TPSA) is 12.5 Å². The summed E-state index contributed by atoms with van der Waals surface area (Å²) >= 11 is 0. The second-order valence-electron chi connectivity index (χ2n) is 2.40. The van der Waals surface area contributed by atoms with Crippen molar-refractivity contribution >= 4 is 0 Å². The molecule has 2 nitrogen and oxygen atoms in total. The predicted octanol–water partition coefficient (Wildman–Crippen LogP) is 1.75. The highest BCUT2D eigenvalue weighted by molar-refractivity contribution is 4.57. The molecule has 0 N–H and O–H groups in total. The maximum Gasteiger partial charge on any atom is 0.0593 e. The van der Waals surface area contributed by atoms with Gasteiger partial charge in [0.15, 0.2) is 0 Å². The molecule has 0 aromatic rings. The molecular weight excluding hydrogens is 138 g/mol.